The van der Waals surface area contributed by atoms with Crippen LogP contribution < -0.4 is 0 Å². The summed E-state index contributed by atoms with van der Waals surface area (Å²) in [5, 5.41) is 0. The maximum absolute atomic E-state index is 2.55. The SMILES string of the molecule is CCC=CC1CCC(C=CCCC2CCC(CC)CC2)CC1. The Hall–Kier alpha value is -0.520. The molecule has 0 aliphatic heterocycles. The molecular weight excluding hydrogens is 264 g/mol. The molecule has 0 nitrogen and oxygen atoms in total. The molecule has 22 heavy (non-hydrogen) atoms. The van der Waals surface area contributed by atoms with Gasteiger partial charge in [0.1, 0.15) is 0 Å². The van der Waals surface area contributed by atoms with Crippen LogP contribution in [-0.4, -0.2) is 0 Å². The quantitative estimate of drug-likeness (QED) is 0.432. The average Bonchev–Trinajstić information content (AvgIpc) is 2.58. The number of hydrogen-bond donors (Lipinski definition) is 0. The molecule has 2 saturated carbocycles. The van der Waals surface area contributed by atoms with E-state index in [4.69, 9.17) is 0 Å². The van der Waals surface area contributed by atoms with Gasteiger partial charge in [0.05, 0.1) is 0 Å². The molecule has 2 fully saturated rings. The number of hydrogen-bond acceptors (Lipinski definition) is 0. The second-order valence-electron chi connectivity index (χ2n) is 7.81. The molecule has 0 amide bonds. The van der Waals surface area contributed by atoms with Crippen LogP contribution in [0.15, 0.2) is 24.3 Å². The number of rotatable bonds is 7. The lowest BCUT2D eigenvalue weighted by molar-refractivity contribution is 0.259. The molecule has 0 unspecified atom stereocenters. The minimum atomic E-state index is 0.873. The van der Waals surface area contributed by atoms with E-state index in [2.05, 4.69) is 38.2 Å². The maximum Gasteiger partial charge on any atom is -0.0233 e. The molecule has 2 aliphatic rings. The first kappa shape index (κ1) is 17.8. The standard InChI is InChI=1S/C22H38/c1-3-5-8-20-15-17-22(18-16-20)10-7-6-9-21-13-11-19(4-2)12-14-21/h5,7-8,10,19-22H,3-4,6,9,11-18H2,1-2H3. The van der Waals surface area contributed by atoms with Crippen LogP contribution in [0.25, 0.3) is 0 Å². The van der Waals surface area contributed by atoms with Crippen molar-refractivity contribution in [2.45, 2.75) is 90.9 Å². The molecule has 2 rings (SSSR count). The van der Waals surface area contributed by atoms with Crippen LogP contribution >= 0.6 is 0 Å². The zero-order valence-corrected chi connectivity index (χ0v) is 15.1. The van der Waals surface area contributed by atoms with Crippen LogP contribution in [0, 0.1) is 23.7 Å². The van der Waals surface area contributed by atoms with Gasteiger partial charge in [-0.25, -0.2) is 0 Å². The van der Waals surface area contributed by atoms with Crippen molar-refractivity contribution >= 4 is 0 Å². The smallest absolute Gasteiger partial charge is 0.0233 e. The van der Waals surface area contributed by atoms with Gasteiger partial charge in [-0.3, -0.25) is 0 Å². The van der Waals surface area contributed by atoms with E-state index < -0.39 is 0 Å². The van der Waals surface area contributed by atoms with Crippen LogP contribution in [0.3, 0.4) is 0 Å². The molecular formula is C22H38. The van der Waals surface area contributed by atoms with Crippen molar-refractivity contribution in [2.24, 2.45) is 23.7 Å². The molecule has 0 heterocycles. The van der Waals surface area contributed by atoms with Crippen molar-refractivity contribution in [3.63, 3.8) is 0 Å². The van der Waals surface area contributed by atoms with Gasteiger partial charge in [0.15, 0.2) is 0 Å². The van der Waals surface area contributed by atoms with Crippen LogP contribution in [0.1, 0.15) is 90.9 Å². The fraction of sp³-hybridized carbons (Fsp3) is 0.818. The van der Waals surface area contributed by atoms with E-state index in [1.807, 2.05) is 0 Å². The summed E-state index contributed by atoms with van der Waals surface area (Å²) in [5.74, 6) is 3.83. The van der Waals surface area contributed by atoms with Gasteiger partial charge >= 0.3 is 0 Å². The van der Waals surface area contributed by atoms with Crippen molar-refractivity contribution in [3.05, 3.63) is 24.3 Å². The summed E-state index contributed by atoms with van der Waals surface area (Å²) in [4.78, 5) is 0. The second kappa shape index (κ2) is 10.3. The summed E-state index contributed by atoms with van der Waals surface area (Å²) in [6.07, 6.45) is 26.9. The second-order valence-corrected chi connectivity index (χ2v) is 7.81. The Labute approximate surface area is 139 Å². The highest BCUT2D eigenvalue weighted by Crippen LogP contribution is 2.34. The lowest BCUT2D eigenvalue weighted by Crippen LogP contribution is -2.13. The number of allylic oxidation sites excluding steroid dienone is 4. The van der Waals surface area contributed by atoms with Crippen molar-refractivity contribution in [2.75, 3.05) is 0 Å². The van der Waals surface area contributed by atoms with E-state index in [1.165, 1.54) is 77.0 Å². The molecule has 0 radical (unpaired) electrons. The third-order valence-corrected chi connectivity index (χ3v) is 6.15. The van der Waals surface area contributed by atoms with Crippen molar-refractivity contribution in [3.8, 4) is 0 Å². The Kier molecular flexibility index (Phi) is 8.34. The van der Waals surface area contributed by atoms with Gasteiger partial charge in [0.2, 0.25) is 0 Å². The highest BCUT2D eigenvalue weighted by atomic mass is 14.3. The van der Waals surface area contributed by atoms with Crippen LogP contribution in [0.4, 0.5) is 0 Å². The molecule has 0 saturated heterocycles. The Bertz CT molecular complexity index is 322. The molecule has 0 aromatic heterocycles. The predicted octanol–water partition coefficient (Wildman–Crippen LogP) is 7.31. The summed E-state index contributed by atoms with van der Waals surface area (Å²) >= 11 is 0. The summed E-state index contributed by atoms with van der Waals surface area (Å²) in [7, 11) is 0. The molecule has 0 aromatic carbocycles. The van der Waals surface area contributed by atoms with Gasteiger partial charge in [0.25, 0.3) is 0 Å². The predicted molar refractivity (Wildman–Crippen MR) is 99.0 cm³/mol. The Morgan fingerprint density at radius 2 is 1.23 bits per heavy atom. The van der Waals surface area contributed by atoms with Gasteiger partial charge < -0.3 is 0 Å². The lowest BCUT2D eigenvalue weighted by Gasteiger charge is -2.27. The van der Waals surface area contributed by atoms with Crippen LogP contribution in [0.5, 0.6) is 0 Å². The third kappa shape index (κ3) is 6.31. The Balaban J connectivity index is 1.56. The van der Waals surface area contributed by atoms with Gasteiger partial charge in [-0.1, -0.05) is 70.3 Å². The van der Waals surface area contributed by atoms with Crippen LogP contribution in [0.2, 0.25) is 0 Å². The van der Waals surface area contributed by atoms with Gasteiger partial charge in [-0.2, -0.15) is 0 Å². The van der Waals surface area contributed by atoms with E-state index in [9.17, 15) is 0 Å². The molecule has 0 bridgehead atoms. The topological polar surface area (TPSA) is 0 Å². The van der Waals surface area contributed by atoms with Crippen molar-refractivity contribution in [1.82, 2.24) is 0 Å². The molecule has 0 atom stereocenters. The fourth-order valence-electron chi connectivity index (χ4n) is 4.41. The summed E-state index contributed by atoms with van der Waals surface area (Å²) in [6, 6.07) is 0. The summed E-state index contributed by atoms with van der Waals surface area (Å²) < 4.78 is 0. The minimum Gasteiger partial charge on any atom is -0.0885 e. The lowest BCUT2D eigenvalue weighted by atomic mass is 9.79. The normalized spacial score (nSPS) is 33.7. The van der Waals surface area contributed by atoms with E-state index in [1.54, 1.807) is 0 Å². The van der Waals surface area contributed by atoms with Gasteiger partial charge in [0, 0.05) is 0 Å². The fourth-order valence-corrected chi connectivity index (χ4v) is 4.41. The first-order chi connectivity index (χ1) is 10.8. The van der Waals surface area contributed by atoms with Gasteiger partial charge in [-0.15, -0.1) is 0 Å². The zero-order valence-electron chi connectivity index (χ0n) is 15.1. The van der Waals surface area contributed by atoms with Crippen molar-refractivity contribution in [1.29, 1.82) is 0 Å². The van der Waals surface area contributed by atoms with E-state index in [-0.39, 0.29) is 0 Å². The molecule has 126 valence electrons. The molecule has 0 heteroatoms. The highest BCUT2D eigenvalue weighted by molar-refractivity contribution is 4.96. The molecule has 0 aromatic rings. The maximum atomic E-state index is 2.55. The molecule has 0 N–H and O–H groups in total. The summed E-state index contributed by atoms with van der Waals surface area (Å²) in [5.41, 5.74) is 0. The monoisotopic (exact) mass is 302 g/mol. The first-order valence-electron chi connectivity index (χ1n) is 10.1. The third-order valence-electron chi connectivity index (χ3n) is 6.15. The van der Waals surface area contributed by atoms with E-state index >= 15 is 0 Å². The van der Waals surface area contributed by atoms with Crippen molar-refractivity contribution < 1.29 is 0 Å². The first-order valence-corrected chi connectivity index (χ1v) is 10.1. The Morgan fingerprint density at radius 1 is 0.682 bits per heavy atom. The van der Waals surface area contributed by atoms with E-state index in [0.717, 1.165) is 23.7 Å². The van der Waals surface area contributed by atoms with Crippen LogP contribution in [-0.2, 0) is 0 Å². The average molecular weight is 303 g/mol. The largest absolute Gasteiger partial charge is 0.0885 e. The van der Waals surface area contributed by atoms with E-state index in [0.29, 0.717) is 0 Å². The minimum absolute atomic E-state index is 0.873. The molecule has 0 spiro atoms. The zero-order chi connectivity index (χ0) is 15.6. The highest BCUT2D eigenvalue weighted by Gasteiger charge is 2.19. The Morgan fingerprint density at radius 3 is 1.77 bits per heavy atom. The summed E-state index contributed by atoms with van der Waals surface area (Å²) in [6.45, 7) is 4.60. The van der Waals surface area contributed by atoms with Gasteiger partial charge in [-0.05, 0) is 68.6 Å². The molecule has 2 aliphatic carbocycles.